The van der Waals surface area contributed by atoms with Crippen LogP contribution in [0.5, 0.6) is 0 Å². The summed E-state index contributed by atoms with van der Waals surface area (Å²) in [7, 11) is 1.72. The van der Waals surface area contributed by atoms with Crippen LogP contribution in [0.2, 0.25) is 0 Å². The molecule has 0 fully saturated rings. The standard InChI is InChI=1S/C11H14N6OS/c1-3-6-4-8(17(2)16-6)11(18)14-10-7(9(12)19)5-13-15-10/h4-5H,3H2,1-2H3,(H2,12,19)(H2,13,14,15,18). The monoisotopic (exact) mass is 278 g/mol. The van der Waals surface area contributed by atoms with E-state index in [0.29, 0.717) is 17.1 Å². The number of carbonyl (C=O) groups is 1. The second kappa shape index (κ2) is 5.19. The molecule has 0 spiro atoms. The highest BCUT2D eigenvalue weighted by molar-refractivity contribution is 7.80. The number of rotatable bonds is 4. The Morgan fingerprint density at radius 1 is 1.63 bits per heavy atom. The number of thiocarbonyl (C=S) groups is 1. The normalized spacial score (nSPS) is 10.4. The highest BCUT2D eigenvalue weighted by atomic mass is 32.1. The Bertz CT molecular complexity index is 629. The molecule has 4 N–H and O–H groups in total. The zero-order valence-corrected chi connectivity index (χ0v) is 11.4. The van der Waals surface area contributed by atoms with Crippen LogP contribution in [-0.4, -0.2) is 30.9 Å². The molecular weight excluding hydrogens is 264 g/mol. The van der Waals surface area contributed by atoms with E-state index in [1.807, 2.05) is 6.92 Å². The number of hydrogen-bond acceptors (Lipinski definition) is 4. The Labute approximate surface area is 115 Å². The molecule has 0 saturated heterocycles. The second-order valence-electron chi connectivity index (χ2n) is 3.98. The van der Waals surface area contributed by atoms with E-state index in [9.17, 15) is 4.79 Å². The van der Waals surface area contributed by atoms with Crippen LogP contribution in [0.3, 0.4) is 0 Å². The maximum atomic E-state index is 12.1. The van der Waals surface area contributed by atoms with Gasteiger partial charge in [-0.15, -0.1) is 0 Å². The van der Waals surface area contributed by atoms with E-state index in [-0.39, 0.29) is 10.9 Å². The first-order valence-electron chi connectivity index (χ1n) is 5.70. The molecular formula is C11H14N6OS. The Hall–Kier alpha value is -2.22. The topological polar surface area (TPSA) is 102 Å². The van der Waals surface area contributed by atoms with Gasteiger partial charge in [-0.2, -0.15) is 10.2 Å². The van der Waals surface area contributed by atoms with E-state index in [0.717, 1.165) is 12.1 Å². The van der Waals surface area contributed by atoms with Gasteiger partial charge in [-0.1, -0.05) is 19.1 Å². The molecule has 2 heterocycles. The highest BCUT2D eigenvalue weighted by Crippen LogP contribution is 2.13. The van der Waals surface area contributed by atoms with Crippen molar-refractivity contribution in [2.45, 2.75) is 13.3 Å². The smallest absolute Gasteiger partial charge is 0.275 e. The number of carbonyl (C=O) groups excluding carboxylic acids is 1. The third-order valence-electron chi connectivity index (χ3n) is 2.67. The van der Waals surface area contributed by atoms with Crippen LogP contribution < -0.4 is 11.1 Å². The summed E-state index contributed by atoms with van der Waals surface area (Å²) in [4.78, 5) is 12.3. The first-order valence-corrected chi connectivity index (χ1v) is 6.11. The summed E-state index contributed by atoms with van der Waals surface area (Å²) in [5.41, 5.74) is 7.34. The number of anilines is 1. The molecule has 0 atom stereocenters. The van der Waals surface area contributed by atoms with Crippen LogP contribution in [0.25, 0.3) is 0 Å². The molecule has 0 aliphatic carbocycles. The Balaban J connectivity index is 2.23. The van der Waals surface area contributed by atoms with Gasteiger partial charge in [-0.25, -0.2) is 0 Å². The third-order valence-corrected chi connectivity index (χ3v) is 2.89. The van der Waals surface area contributed by atoms with Crippen LogP contribution in [0.1, 0.15) is 28.7 Å². The van der Waals surface area contributed by atoms with Gasteiger partial charge in [-0.3, -0.25) is 14.6 Å². The fraction of sp³-hybridized carbons (Fsp3) is 0.273. The minimum atomic E-state index is -0.295. The van der Waals surface area contributed by atoms with Crippen molar-refractivity contribution in [3.8, 4) is 0 Å². The number of nitrogens with two attached hydrogens (primary N) is 1. The Kier molecular flexibility index (Phi) is 3.61. The molecule has 2 aromatic heterocycles. The van der Waals surface area contributed by atoms with Crippen molar-refractivity contribution >= 4 is 28.9 Å². The molecule has 0 saturated carbocycles. The number of aromatic nitrogens is 4. The number of amides is 1. The van der Waals surface area contributed by atoms with Crippen LogP contribution in [-0.2, 0) is 13.5 Å². The minimum Gasteiger partial charge on any atom is -0.389 e. The number of aromatic amines is 1. The minimum absolute atomic E-state index is 0.170. The van der Waals surface area contributed by atoms with Gasteiger partial charge < -0.3 is 11.1 Å². The molecule has 19 heavy (non-hydrogen) atoms. The summed E-state index contributed by atoms with van der Waals surface area (Å²) in [6.45, 7) is 1.98. The predicted molar refractivity (Wildman–Crippen MR) is 75.0 cm³/mol. The lowest BCUT2D eigenvalue weighted by atomic mass is 10.3. The van der Waals surface area contributed by atoms with Crippen molar-refractivity contribution in [3.63, 3.8) is 0 Å². The average Bonchev–Trinajstić information content (AvgIpc) is 2.95. The number of hydrogen-bond donors (Lipinski definition) is 3. The second-order valence-corrected chi connectivity index (χ2v) is 4.41. The zero-order valence-electron chi connectivity index (χ0n) is 10.6. The van der Waals surface area contributed by atoms with Crippen molar-refractivity contribution in [1.29, 1.82) is 0 Å². The lowest BCUT2D eigenvalue weighted by molar-refractivity contribution is 0.101. The lowest BCUT2D eigenvalue weighted by Gasteiger charge is -2.04. The first-order chi connectivity index (χ1) is 9.02. The molecule has 1 amide bonds. The first kappa shape index (κ1) is 13.2. The van der Waals surface area contributed by atoms with E-state index in [2.05, 4.69) is 20.6 Å². The van der Waals surface area contributed by atoms with Crippen molar-refractivity contribution in [2.24, 2.45) is 12.8 Å². The molecule has 0 bridgehead atoms. The molecule has 0 radical (unpaired) electrons. The number of H-pyrrole nitrogens is 1. The van der Waals surface area contributed by atoms with Gasteiger partial charge in [-0.05, 0) is 12.5 Å². The number of nitrogens with zero attached hydrogens (tertiary/aromatic N) is 3. The van der Waals surface area contributed by atoms with E-state index < -0.39 is 0 Å². The number of nitrogens with one attached hydrogen (secondary N) is 2. The SMILES string of the molecule is CCc1cc(C(=O)Nc2[nH]ncc2C(N)=S)n(C)n1. The summed E-state index contributed by atoms with van der Waals surface area (Å²) >= 11 is 4.87. The molecule has 0 aliphatic heterocycles. The van der Waals surface area contributed by atoms with Crippen LogP contribution in [0, 0.1) is 0 Å². The third kappa shape index (κ3) is 2.63. The van der Waals surface area contributed by atoms with Crippen LogP contribution in [0.15, 0.2) is 12.3 Å². The van der Waals surface area contributed by atoms with E-state index in [1.165, 1.54) is 10.9 Å². The van der Waals surface area contributed by atoms with Gasteiger partial charge >= 0.3 is 0 Å². The fourth-order valence-electron chi connectivity index (χ4n) is 1.66. The summed E-state index contributed by atoms with van der Waals surface area (Å²) in [6, 6.07) is 1.74. The van der Waals surface area contributed by atoms with E-state index >= 15 is 0 Å². The van der Waals surface area contributed by atoms with Crippen molar-refractivity contribution in [2.75, 3.05) is 5.32 Å². The van der Waals surface area contributed by atoms with E-state index in [4.69, 9.17) is 18.0 Å². The molecule has 8 heteroatoms. The van der Waals surface area contributed by atoms with Crippen LogP contribution in [0.4, 0.5) is 5.82 Å². The van der Waals surface area contributed by atoms with Crippen molar-refractivity contribution in [1.82, 2.24) is 20.0 Å². The maximum absolute atomic E-state index is 12.1. The maximum Gasteiger partial charge on any atom is 0.275 e. The highest BCUT2D eigenvalue weighted by Gasteiger charge is 2.16. The molecule has 2 aromatic rings. The molecule has 7 nitrogen and oxygen atoms in total. The molecule has 0 aliphatic rings. The predicted octanol–water partition coefficient (Wildman–Crippen LogP) is 0.592. The Morgan fingerprint density at radius 3 is 2.95 bits per heavy atom. The Morgan fingerprint density at radius 2 is 2.37 bits per heavy atom. The fourth-order valence-corrected chi connectivity index (χ4v) is 1.81. The van der Waals surface area contributed by atoms with Gasteiger partial charge in [0.25, 0.3) is 5.91 Å². The van der Waals surface area contributed by atoms with Gasteiger partial charge in [0, 0.05) is 7.05 Å². The largest absolute Gasteiger partial charge is 0.389 e. The summed E-state index contributed by atoms with van der Waals surface area (Å²) < 4.78 is 1.53. The number of aryl methyl sites for hydroxylation is 2. The lowest BCUT2D eigenvalue weighted by Crippen LogP contribution is -2.19. The average molecular weight is 278 g/mol. The molecule has 100 valence electrons. The van der Waals surface area contributed by atoms with E-state index in [1.54, 1.807) is 13.1 Å². The van der Waals surface area contributed by atoms with Crippen molar-refractivity contribution < 1.29 is 4.79 Å². The quantitative estimate of drug-likeness (QED) is 0.711. The van der Waals surface area contributed by atoms with Gasteiger partial charge in [0.15, 0.2) is 0 Å². The van der Waals surface area contributed by atoms with Crippen molar-refractivity contribution in [3.05, 3.63) is 29.2 Å². The molecule has 0 unspecified atom stereocenters. The summed E-state index contributed by atoms with van der Waals surface area (Å²) in [5.74, 6) is 0.0909. The van der Waals surface area contributed by atoms with Gasteiger partial charge in [0.2, 0.25) is 0 Å². The zero-order chi connectivity index (χ0) is 14.0. The molecule has 2 rings (SSSR count). The van der Waals surface area contributed by atoms with Crippen LogP contribution >= 0.6 is 12.2 Å². The van der Waals surface area contributed by atoms with Gasteiger partial charge in [0.05, 0.1) is 17.5 Å². The molecule has 0 aromatic carbocycles. The van der Waals surface area contributed by atoms with Gasteiger partial charge in [0.1, 0.15) is 16.5 Å². The summed E-state index contributed by atoms with van der Waals surface area (Å²) in [6.07, 6.45) is 2.24. The summed E-state index contributed by atoms with van der Waals surface area (Å²) in [5, 5.41) is 13.4.